The number of phenolic OH excluding ortho intramolecular Hbond substituents is 2. The molecule has 0 radical (unpaired) electrons. The number of nitrogen functional groups attached to an aromatic ring is 1. The molecule has 2 aromatic carbocycles. The average molecular weight is 280 g/mol. The van der Waals surface area contributed by atoms with Crippen LogP contribution in [0.5, 0.6) is 11.5 Å². The largest absolute Gasteiger partial charge is 0.508 e. The van der Waals surface area contributed by atoms with Crippen molar-refractivity contribution in [1.29, 1.82) is 0 Å². The van der Waals surface area contributed by atoms with Crippen molar-refractivity contribution < 1.29 is 23.8 Å². The van der Waals surface area contributed by atoms with E-state index in [0.29, 0.717) is 6.07 Å². The predicted octanol–water partition coefficient (Wildman–Crippen LogP) is 2.21. The molecule has 0 bridgehead atoms. The summed E-state index contributed by atoms with van der Waals surface area (Å²) in [6.45, 7) is 0. The Morgan fingerprint density at radius 2 is 1.85 bits per heavy atom. The van der Waals surface area contributed by atoms with Crippen LogP contribution in [0.1, 0.15) is 10.4 Å². The molecule has 2 aromatic rings. The first-order valence-electron chi connectivity index (χ1n) is 5.46. The molecule has 0 saturated heterocycles. The van der Waals surface area contributed by atoms with Crippen LogP contribution in [-0.2, 0) is 0 Å². The van der Waals surface area contributed by atoms with Gasteiger partial charge in [0.15, 0.2) is 5.82 Å². The van der Waals surface area contributed by atoms with E-state index in [1.807, 2.05) is 0 Å². The molecule has 7 heteroatoms. The van der Waals surface area contributed by atoms with Gasteiger partial charge in [0.25, 0.3) is 5.91 Å². The maximum Gasteiger partial charge on any atom is 0.259 e. The van der Waals surface area contributed by atoms with Gasteiger partial charge in [0.05, 0.1) is 11.3 Å². The molecular weight excluding hydrogens is 270 g/mol. The van der Waals surface area contributed by atoms with Crippen molar-refractivity contribution in [3.63, 3.8) is 0 Å². The molecular formula is C13H10F2N2O3. The third-order valence-electron chi connectivity index (χ3n) is 2.55. The fraction of sp³-hybridized carbons (Fsp3) is 0. The van der Waals surface area contributed by atoms with Crippen molar-refractivity contribution in [2.75, 3.05) is 11.1 Å². The lowest BCUT2D eigenvalue weighted by atomic mass is 10.1. The zero-order valence-corrected chi connectivity index (χ0v) is 10.0. The lowest BCUT2D eigenvalue weighted by molar-refractivity contribution is 0.102. The van der Waals surface area contributed by atoms with E-state index in [-0.39, 0.29) is 22.7 Å². The van der Waals surface area contributed by atoms with Gasteiger partial charge >= 0.3 is 0 Å². The number of carbonyl (C=O) groups is 1. The number of phenols is 2. The summed E-state index contributed by atoms with van der Waals surface area (Å²) in [5, 5.41) is 20.8. The highest BCUT2D eigenvalue weighted by Gasteiger charge is 2.16. The average Bonchev–Trinajstić information content (AvgIpc) is 2.33. The summed E-state index contributed by atoms with van der Waals surface area (Å²) >= 11 is 0. The first-order chi connectivity index (χ1) is 9.38. The van der Waals surface area contributed by atoms with Gasteiger partial charge in [0.2, 0.25) is 0 Å². The minimum atomic E-state index is -1.03. The monoisotopic (exact) mass is 280 g/mol. The molecule has 0 aliphatic rings. The number of aromatic hydroxyl groups is 2. The van der Waals surface area contributed by atoms with E-state index >= 15 is 0 Å². The number of anilines is 2. The van der Waals surface area contributed by atoms with Crippen LogP contribution in [0.25, 0.3) is 0 Å². The molecule has 0 fully saturated rings. The molecule has 0 unspecified atom stereocenters. The van der Waals surface area contributed by atoms with E-state index in [9.17, 15) is 18.7 Å². The normalized spacial score (nSPS) is 10.3. The molecule has 0 spiro atoms. The van der Waals surface area contributed by atoms with Crippen molar-refractivity contribution in [1.82, 2.24) is 0 Å². The summed E-state index contributed by atoms with van der Waals surface area (Å²) in [6, 6.07) is 4.72. The summed E-state index contributed by atoms with van der Waals surface area (Å²) in [4.78, 5) is 11.9. The minimum Gasteiger partial charge on any atom is -0.508 e. The number of nitrogens with one attached hydrogen (secondary N) is 1. The van der Waals surface area contributed by atoms with Crippen LogP contribution in [0.4, 0.5) is 20.2 Å². The summed E-state index contributed by atoms with van der Waals surface area (Å²) in [5.74, 6) is -3.46. The number of hydrogen-bond acceptors (Lipinski definition) is 4. The second-order valence-electron chi connectivity index (χ2n) is 4.01. The maximum atomic E-state index is 13.5. The van der Waals surface area contributed by atoms with Crippen LogP contribution in [0, 0.1) is 11.6 Å². The number of halogens is 2. The Morgan fingerprint density at radius 3 is 2.45 bits per heavy atom. The number of nitrogens with two attached hydrogens (primary N) is 1. The van der Waals surface area contributed by atoms with Gasteiger partial charge < -0.3 is 21.3 Å². The Balaban J connectivity index is 2.33. The molecule has 5 nitrogen and oxygen atoms in total. The molecule has 0 aliphatic carbocycles. The molecule has 0 aliphatic heterocycles. The Morgan fingerprint density at radius 1 is 1.15 bits per heavy atom. The first kappa shape index (κ1) is 13.6. The van der Waals surface area contributed by atoms with Crippen LogP contribution >= 0.6 is 0 Å². The van der Waals surface area contributed by atoms with Crippen molar-refractivity contribution >= 4 is 17.3 Å². The molecule has 104 valence electrons. The lowest BCUT2D eigenvalue weighted by Crippen LogP contribution is -2.15. The van der Waals surface area contributed by atoms with Crippen LogP contribution in [0.15, 0.2) is 30.3 Å². The van der Waals surface area contributed by atoms with Crippen molar-refractivity contribution in [3.05, 3.63) is 47.5 Å². The standard InChI is InChI=1S/C13H10F2N2O3/c14-6-3-9(15)12(10(16)4-6)17-13(20)8-2-1-7(18)5-11(8)19/h1-5,18-19H,16H2,(H,17,20). The summed E-state index contributed by atoms with van der Waals surface area (Å²) in [5.41, 5.74) is 4.56. The zero-order valence-electron chi connectivity index (χ0n) is 10.0. The number of carbonyl (C=O) groups excluding carboxylic acids is 1. The maximum absolute atomic E-state index is 13.5. The highest BCUT2D eigenvalue weighted by molar-refractivity contribution is 6.07. The predicted molar refractivity (Wildman–Crippen MR) is 68.5 cm³/mol. The molecule has 0 heterocycles. The fourth-order valence-corrected chi connectivity index (χ4v) is 1.62. The smallest absolute Gasteiger partial charge is 0.259 e. The Kier molecular flexibility index (Phi) is 3.43. The van der Waals surface area contributed by atoms with Gasteiger partial charge in [-0.05, 0) is 18.2 Å². The summed E-state index contributed by atoms with van der Waals surface area (Å²) in [7, 11) is 0. The van der Waals surface area contributed by atoms with Gasteiger partial charge in [-0.3, -0.25) is 4.79 Å². The molecule has 0 aromatic heterocycles. The topological polar surface area (TPSA) is 95.6 Å². The highest BCUT2D eigenvalue weighted by Crippen LogP contribution is 2.27. The van der Waals surface area contributed by atoms with E-state index in [4.69, 9.17) is 10.8 Å². The van der Waals surface area contributed by atoms with Crippen molar-refractivity contribution in [2.24, 2.45) is 0 Å². The zero-order chi connectivity index (χ0) is 14.9. The molecule has 0 atom stereocenters. The van der Waals surface area contributed by atoms with E-state index in [1.165, 1.54) is 6.07 Å². The van der Waals surface area contributed by atoms with E-state index in [2.05, 4.69) is 5.32 Å². The Hall–Kier alpha value is -2.83. The van der Waals surface area contributed by atoms with Gasteiger partial charge in [-0.25, -0.2) is 8.78 Å². The van der Waals surface area contributed by atoms with E-state index in [0.717, 1.165) is 18.2 Å². The van der Waals surface area contributed by atoms with Gasteiger partial charge in [-0.1, -0.05) is 0 Å². The highest BCUT2D eigenvalue weighted by atomic mass is 19.1. The van der Waals surface area contributed by atoms with E-state index < -0.39 is 23.3 Å². The van der Waals surface area contributed by atoms with E-state index in [1.54, 1.807) is 0 Å². The number of amides is 1. The summed E-state index contributed by atoms with van der Waals surface area (Å²) in [6.07, 6.45) is 0. The second kappa shape index (κ2) is 5.04. The molecule has 2 rings (SSSR count). The Labute approximate surface area is 112 Å². The number of benzene rings is 2. The number of rotatable bonds is 2. The van der Waals surface area contributed by atoms with Crippen LogP contribution in [-0.4, -0.2) is 16.1 Å². The van der Waals surface area contributed by atoms with Crippen LogP contribution in [0.3, 0.4) is 0 Å². The molecule has 20 heavy (non-hydrogen) atoms. The third kappa shape index (κ3) is 2.61. The molecule has 0 saturated carbocycles. The second-order valence-corrected chi connectivity index (χ2v) is 4.01. The van der Waals surface area contributed by atoms with Gasteiger partial charge in [-0.15, -0.1) is 0 Å². The number of hydrogen-bond donors (Lipinski definition) is 4. The van der Waals surface area contributed by atoms with Gasteiger partial charge in [0, 0.05) is 12.1 Å². The molecule has 1 amide bonds. The molecule has 5 N–H and O–H groups in total. The van der Waals surface area contributed by atoms with Crippen LogP contribution in [0.2, 0.25) is 0 Å². The van der Waals surface area contributed by atoms with Gasteiger partial charge in [-0.2, -0.15) is 0 Å². The van der Waals surface area contributed by atoms with Crippen LogP contribution < -0.4 is 11.1 Å². The Bertz CT molecular complexity index is 666. The lowest BCUT2D eigenvalue weighted by Gasteiger charge is -2.10. The SMILES string of the molecule is Nc1cc(F)cc(F)c1NC(=O)c1ccc(O)cc1O. The summed E-state index contributed by atoms with van der Waals surface area (Å²) < 4.78 is 26.4. The quantitative estimate of drug-likeness (QED) is 0.634. The minimum absolute atomic E-state index is 0.189. The van der Waals surface area contributed by atoms with Crippen molar-refractivity contribution in [3.8, 4) is 11.5 Å². The third-order valence-corrected chi connectivity index (χ3v) is 2.55. The first-order valence-corrected chi connectivity index (χ1v) is 5.46. The van der Waals surface area contributed by atoms with Crippen molar-refractivity contribution in [2.45, 2.75) is 0 Å². The van der Waals surface area contributed by atoms with Gasteiger partial charge in [0.1, 0.15) is 23.0 Å². The fourth-order valence-electron chi connectivity index (χ4n) is 1.62.